The molecule has 0 spiro atoms. The number of furan rings is 1. The average molecular weight is 403 g/mol. The molecular weight excluding hydrogens is 381 g/mol. The summed E-state index contributed by atoms with van der Waals surface area (Å²) >= 11 is 6.05. The molecule has 1 atom stereocenters. The van der Waals surface area contributed by atoms with E-state index in [9.17, 15) is 0 Å². The molecule has 0 aliphatic carbocycles. The first-order valence-electron chi connectivity index (χ1n) is 7.54. The van der Waals surface area contributed by atoms with Gasteiger partial charge in [0.25, 0.3) is 0 Å². The molecule has 0 fully saturated rings. The molecule has 0 saturated heterocycles. The van der Waals surface area contributed by atoms with Crippen LogP contribution in [-0.2, 0) is 6.54 Å². The Labute approximate surface area is 165 Å². The molecule has 0 saturated carbocycles. The lowest BCUT2D eigenvalue weighted by Crippen LogP contribution is -2.47. The van der Waals surface area contributed by atoms with E-state index in [0.29, 0.717) is 11.6 Å². The highest BCUT2D eigenvalue weighted by molar-refractivity contribution is 6.31. The predicted octanol–water partition coefficient (Wildman–Crippen LogP) is 4.89. The number of benzene rings is 1. The van der Waals surface area contributed by atoms with Crippen molar-refractivity contribution in [1.82, 2.24) is 10.3 Å². The molecule has 7 heteroatoms. The highest BCUT2D eigenvalue weighted by Crippen LogP contribution is 2.30. The molecule has 4 nitrogen and oxygen atoms in total. The summed E-state index contributed by atoms with van der Waals surface area (Å²) in [6, 6.07) is 11.3. The molecule has 0 aliphatic rings. The summed E-state index contributed by atoms with van der Waals surface area (Å²) in [4.78, 5) is 4.38. The van der Waals surface area contributed by atoms with E-state index < -0.39 is 0 Å². The summed E-state index contributed by atoms with van der Waals surface area (Å²) in [7, 11) is 0. The molecular formula is C18H22Cl3N3O. The molecule has 0 aliphatic heterocycles. The zero-order chi connectivity index (χ0) is 16.4. The molecule has 136 valence electrons. The Morgan fingerprint density at radius 3 is 2.68 bits per heavy atom. The third-order valence-electron chi connectivity index (χ3n) is 4.15. The van der Waals surface area contributed by atoms with Crippen molar-refractivity contribution >= 4 is 47.3 Å². The van der Waals surface area contributed by atoms with Crippen LogP contribution in [0.15, 0.2) is 53.3 Å². The standard InChI is InChI=1S/C18H20ClN3O.2ClH/c1-18(2,22-11-13-4-3-9-23-13)17(20)15-7-8-21-16-10-12(19)5-6-14(15)16;;/h3-10,17,22H,11,20H2,1-2H3;2*1H. The van der Waals surface area contributed by atoms with Crippen molar-refractivity contribution in [3.63, 3.8) is 0 Å². The van der Waals surface area contributed by atoms with E-state index in [1.165, 1.54) is 0 Å². The number of hydrogen-bond acceptors (Lipinski definition) is 4. The van der Waals surface area contributed by atoms with Crippen LogP contribution in [0.5, 0.6) is 0 Å². The number of fused-ring (bicyclic) bond motifs is 1. The first-order valence-corrected chi connectivity index (χ1v) is 7.92. The molecule has 3 N–H and O–H groups in total. The maximum absolute atomic E-state index is 6.56. The zero-order valence-electron chi connectivity index (χ0n) is 14.0. The summed E-state index contributed by atoms with van der Waals surface area (Å²) in [5.74, 6) is 0.886. The summed E-state index contributed by atoms with van der Waals surface area (Å²) in [6.07, 6.45) is 3.44. The Bertz CT molecular complexity index is 806. The highest BCUT2D eigenvalue weighted by Gasteiger charge is 2.28. The Hall–Kier alpha value is -1.30. The van der Waals surface area contributed by atoms with Crippen LogP contribution in [0, 0.1) is 0 Å². The molecule has 3 aromatic rings. The summed E-state index contributed by atoms with van der Waals surface area (Å²) in [6.45, 7) is 4.80. The molecule has 3 rings (SSSR count). The Kier molecular flexibility index (Phi) is 7.72. The quantitative estimate of drug-likeness (QED) is 0.637. The minimum Gasteiger partial charge on any atom is -0.468 e. The van der Waals surface area contributed by atoms with E-state index in [1.807, 2.05) is 36.4 Å². The number of halogens is 3. The van der Waals surface area contributed by atoms with Crippen molar-refractivity contribution in [2.24, 2.45) is 5.73 Å². The van der Waals surface area contributed by atoms with Crippen molar-refractivity contribution in [3.8, 4) is 0 Å². The summed E-state index contributed by atoms with van der Waals surface area (Å²) < 4.78 is 5.37. The van der Waals surface area contributed by atoms with Crippen LogP contribution >= 0.6 is 36.4 Å². The number of aromatic nitrogens is 1. The normalized spacial score (nSPS) is 12.3. The third-order valence-corrected chi connectivity index (χ3v) is 4.38. The monoisotopic (exact) mass is 401 g/mol. The second kappa shape index (κ2) is 8.88. The van der Waals surface area contributed by atoms with Crippen molar-refractivity contribution in [1.29, 1.82) is 0 Å². The number of nitrogens with two attached hydrogens (primary N) is 1. The van der Waals surface area contributed by atoms with E-state index in [0.717, 1.165) is 22.2 Å². The SMILES string of the molecule is CC(C)(NCc1ccco1)C(N)c1ccnc2cc(Cl)ccc12.Cl.Cl. The molecule has 25 heavy (non-hydrogen) atoms. The minimum atomic E-state index is -0.319. The number of nitrogens with one attached hydrogen (secondary N) is 1. The zero-order valence-corrected chi connectivity index (χ0v) is 16.4. The van der Waals surface area contributed by atoms with Crippen LogP contribution in [0.4, 0.5) is 0 Å². The second-order valence-electron chi connectivity index (χ2n) is 6.19. The van der Waals surface area contributed by atoms with Gasteiger partial charge < -0.3 is 15.5 Å². The molecule has 0 amide bonds. The van der Waals surface area contributed by atoms with Gasteiger partial charge in [-0.2, -0.15) is 0 Å². The molecule has 1 unspecified atom stereocenters. The minimum absolute atomic E-state index is 0. The fraction of sp³-hybridized carbons (Fsp3) is 0.278. The second-order valence-corrected chi connectivity index (χ2v) is 6.63. The first kappa shape index (κ1) is 21.7. The summed E-state index contributed by atoms with van der Waals surface area (Å²) in [5, 5.41) is 5.17. The van der Waals surface area contributed by atoms with E-state index in [4.69, 9.17) is 21.8 Å². The molecule has 2 heterocycles. The highest BCUT2D eigenvalue weighted by atomic mass is 35.5. The fourth-order valence-corrected chi connectivity index (χ4v) is 2.81. The lowest BCUT2D eigenvalue weighted by Gasteiger charge is -2.33. The van der Waals surface area contributed by atoms with Crippen molar-refractivity contribution in [2.45, 2.75) is 32.0 Å². The fourth-order valence-electron chi connectivity index (χ4n) is 2.64. The van der Waals surface area contributed by atoms with Gasteiger partial charge in [-0.15, -0.1) is 24.8 Å². The topological polar surface area (TPSA) is 64.1 Å². The largest absolute Gasteiger partial charge is 0.468 e. The number of rotatable bonds is 5. The Morgan fingerprint density at radius 2 is 2.00 bits per heavy atom. The van der Waals surface area contributed by atoms with E-state index in [2.05, 4.69) is 24.1 Å². The molecule has 0 radical (unpaired) electrons. The van der Waals surface area contributed by atoms with Crippen LogP contribution in [0.3, 0.4) is 0 Å². The maximum Gasteiger partial charge on any atom is 0.117 e. The van der Waals surface area contributed by atoms with Gasteiger partial charge in [0, 0.05) is 28.2 Å². The van der Waals surface area contributed by atoms with Crippen molar-refractivity contribution in [2.75, 3.05) is 0 Å². The third kappa shape index (κ3) is 4.87. The van der Waals surface area contributed by atoms with E-state index >= 15 is 0 Å². The van der Waals surface area contributed by atoms with E-state index in [-0.39, 0.29) is 36.4 Å². The van der Waals surface area contributed by atoms with Gasteiger partial charge in [0.05, 0.1) is 18.3 Å². The van der Waals surface area contributed by atoms with Gasteiger partial charge in [0.1, 0.15) is 5.76 Å². The average Bonchev–Trinajstić information content (AvgIpc) is 3.05. The molecule has 1 aromatic carbocycles. The van der Waals surface area contributed by atoms with Gasteiger partial charge in [-0.25, -0.2) is 0 Å². The van der Waals surface area contributed by atoms with Crippen LogP contribution < -0.4 is 11.1 Å². The van der Waals surface area contributed by atoms with Crippen LogP contribution in [0.2, 0.25) is 5.02 Å². The van der Waals surface area contributed by atoms with E-state index in [1.54, 1.807) is 12.5 Å². The Balaban J connectivity index is 0.00000156. The molecule has 2 aromatic heterocycles. The maximum atomic E-state index is 6.56. The smallest absolute Gasteiger partial charge is 0.117 e. The lowest BCUT2D eigenvalue weighted by atomic mass is 9.87. The Morgan fingerprint density at radius 1 is 1.24 bits per heavy atom. The number of hydrogen-bond donors (Lipinski definition) is 2. The van der Waals surface area contributed by atoms with Crippen molar-refractivity contribution < 1.29 is 4.42 Å². The van der Waals surface area contributed by atoms with Gasteiger partial charge >= 0.3 is 0 Å². The van der Waals surface area contributed by atoms with Crippen LogP contribution in [0.25, 0.3) is 10.9 Å². The molecule has 0 bridgehead atoms. The lowest BCUT2D eigenvalue weighted by molar-refractivity contribution is 0.308. The predicted molar refractivity (Wildman–Crippen MR) is 108 cm³/mol. The van der Waals surface area contributed by atoms with Crippen molar-refractivity contribution in [3.05, 3.63) is 65.2 Å². The van der Waals surface area contributed by atoms with Crippen LogP contribution in [-0.4, -0.2) is 10.5 Å². The number of pyridine rings is 1. The first-order chi connectivity index (χ1) is 11.0. The number of nitrogens with zero attached hydrogens (tertiary/aromatic N) is 1. The van der Waals surface area contributed by atoms with Gasteiger partial charge in [0.2, 0.25) is 0 Å². The van der Waals surface area contributed by atoms with Crippen LogP contribution in [0.1, 0.15) is 31.2 Å². The van der Waals surface area contributed by atoms with Gasteiger partial charge in [-0.3, -0.25) is 4.98 Å². The van der Waals surface area contributed by atoms with Gasteiger partial charge in [-0.05, 0) is 49.7 Å². The summed E-state index contributed by atoms with van der Waals surface area (Å²) in [5.41, 5.74) is 8.14. The van der Waals surface area contributed by atoms with Gasteiger partial charge in [0.15, 0.2) is 0 Å². The van der Waals surface area contributed by atoms with Gasteiger partial charge in [-0.1, -0.05) is 17.7 Å².